The van der Waals surface area contributed by atoms with E-state index >= 15 is 0 Å². The Hall–Kier alpha value is 0.250. The van der Waals surface area contributed by atoms with Crippen LogP contribution in [-0.2, 0) is 4.74 Å². The molecule has 2 fully saturated rings. The summed E-state index contributed by atoms with van der Waals surface area (Å²) in [5.41, 5.74) is -0.0238. The highest BCUT2D eigenvalue weighted by Crippen LogP contribution is 2.39. The minimum atomic E-state index is -0.0238. The molecule has 1 saturated carbocycles. The van der Waals surface area contributed by atoms with Crippen molar-refractivity contribution in [1.82, 2.24) is 0 Å². The van der Waals surface area contributed by atoms with Crippen LogP contribution in [0.25, 0.3) is 0 Å². The zero-order chi connectivity index (χ0) is 8.55. The van der Waals surface area contributed by atoms with Crippen LogP contribution in [0.15, 0.2) is 0 Å². The molecular formula is C10H17ClO. The van der Waals surface area contributed by atoms with E-state index in [-0.39, 0.29) is 5.56 Å². The standard InChI is InChI=1S/C10H17ClO/c1-7-6-8-4-2-3-5-9(8)12-10(7)11/h7-10H,2-6H2,1H3/t7?,8?,9-,10?/m1/s1. The van der Waals surface area contributed by atoms with Gasteiger partial charge in [-0.3, -0.25) is 0 Å². The lowest BCUT2D eigenvalue weighted by Crippen LogP contribution is -2.39. The summed E-state index contributed by atoms with van der Waals surface area (Å²) in [5.74, 6) is 1.36. The molecule has 1 saturated heterocycles. The van der Waals surface area contributed by atoms with Gasteiger partial charge in [0, 0.05) is 0 Å². The van der Waals surface area contributed by atoms with Gasteiger partial charge in [-0.05, 0) is 31.1 Å². The summed E-state index contributed by atoms with van der Waals surface area (Å²) in [7, 11) is 0. The monoisotopic (exact) mass is 188 g/mol. The third-order valence-corrected chi connectivity index (χ3v) is 3.80. The van der Waals surface area contributed by atoms with Gasteiger partial charge in [0.15, 0.2) is 0 Å². The first-order valence-corrected chi connectivity index (χ1v) is 5.50. The maximum Gasteiger partial charge on any atom is 0.134 e. The topological polar surface area (TPSA) is 9.23 Å². The van der Waals surface area contributed by atoms with Crippen molar-refractivity contribution < 1.29 is 4.74 Å². The van der Waals surface area contributed by atoms with Crippen LogP contribution in [0.3, 0.4) is 0 Å². The van der Waals surface area contributed by atoms with E-state index < -0.39 is 0 Å². The Labute approximate surface area is 79.4 Å². The van der Waals surface area contributed by atoms with Crippen molar-refractivity contribution in [3.05, 3.63) is 0 Å². The molecule has 1 aliphatic carbocycles. The summed E-state index contributed by atoms with van der Waals surface area (Å²) in [6, 6.07) is 0. The number of halogens is 1. The fourth-order valence-electron chi connectivity index (χ4n) is 2.51. The second-order valence-electron chi connectivity index (χ2n) is 4.28. The third-order valence-electron chi connectivity index (χ3n) is 3.27. The van der Waals surface area contributed by atoms with Crippen LogP contribution in [0.1, 0.15) is 39.0 Å². The second kappa shape index (κ2) is 3.55. The molecule has 2 rings (SSSR count). The van der Waals surface area contributed by atoms with Crippen LogP contribution in [0.5, 0.6) is 0 Å². The molecule has 0 aromatic heterocycles. The van der Waals surface area contributed by atoms with Gasteiger partial charge in [-0.2, -0.15) is 0 Å². The van der Waals surface area contributed by atoms with Gasteiger partial charge >= 0.3 is 0 Å². The molecular weight excluding hydrogens is 172 g/mol. The van der Waals surface area contributed by atoms with Gasteiger partial charge in [-0.1, -0.05) is 31.4 Å². The fraction of sp³-hybridized carbons (Fsp3) is 1.00. The van der Waals surface area contributed by atoms with Gasteiger partial charge in [-0.25, -0.2) is 0 Å². The van der Waals surface area contributed by atoms with E-state index in [1.54, 1.807) is 0 Å². The number of hydrogen-bond donors (Lipinski definition) is 0. The van der Waals surface area contributed by atoms with Gasteiger partial charge in [-0.15, -0.1) is 0 Å². The predicted molar refractivity (Wildman–Crippen MR) is 50.3 cm³/mol. The Bertz CT molecular complexity index is 142. The van der Waals surface area contributed by atoms with Crippen LogP contribution >= 0.6 is 11.6 Å². The molecule has 1 heterocycles. The largest absolute Gasteiger partial charge is 0.359 e. The quantitative estimate of drug-likeness (QED) is 0.531. The highest BCUT2D eigenvalue weighted by Gasteiger charge is 2.35. The molecule has 0 spiro atoms. The number of rotatable bonds is 0. The lowest BCUT2D eigenvalue weighted by Gasteiger charge is -2.40. The maximum absolute atomic E-state index is 6.06. The number of ether oxygens (including phenoxy) is 1. The molecule has 0 radical (unpaired) electrons. The Balaban J connectivity index is 1.98. The van der Waals surface area contributed by atoms with E-state index in [1.165, 1.54) is 32.1 Å². The normalized spacial score (nSPS) is 48.5. The smallest absolute Gasteiger partial charge is 0.134 e. The highest BCUT2D eigenvalue weighted by atomic mass is 35.5. The summed E-state index contributed by atoms with van der Waals surface area (Å²) in [5, 5.41) is 0. The molecule has 0 amide bonds. The molecule has 0 aromatic rings. The fourth-order valence-corrected chi connectivity index (χ4v) is 2.74. The predicted octanol–water partition coefficient (Wildman–Crippen LogP) is 3.17. The summed E-state index contributed by atoms with van der Waals surface area (Å²) >= 11 is 6.06. The summed E-state index contributed by atoms with van der Waals surface area (Å²) in [4.78, 5) is 0. The molecule has 2 heteroatoms. The van der Waals surface area contributed by atoms with Gasteiger partial charge in [0.25, 0.3) is 0 Å². The Kier molecular flexibility index (Phi) is 2.61. The van der Waals surface area contributed by atoms with Crippen molar-refractivity contribution in [1.29, 1.82) is 0 Å². The SMILES string of the molecule is CC1CC2CCCC[C@H]2OC1Cl. The zero-order valence-corrected chi connectivity index (χ0v) is 8.39. The van der Waals surface area contributed by atoms with Crippen LogP contribution in [0.4, 0.5) is 0 Å². The van der Waals surface area contributed by atoms with Crippen molar-refractivity contribution in [3.63, 3.8) is 0 Å². The van der Waals surface area contributed by atoms with Crippen molar-refractivity contribution in [2.24, 2.45) is 11.8 Å². The van der Waals surface area contributed by atoms with Crippen molar-refractivity contribution >= 4 is 11.6 Å². The summed E-state index contributed by atoms with van der Waals surface area (Å²) < 4.78 is 5.77. The first-order chi connectivity index (χ1) is 5.77. The van der Waals surface area contributed by atoms with E-state index in [0.29, 0.717) is 12.0 Å². The first-order valence-electron chi connectivity index (χ1n) is 5.07. The minimum absolute atomic E-state index is 0.0238. The molecule has 1 aliphatic heterocycles. The van der Waals surface area contributed by atoms with Crippen LogP contribution < -0.4 is 0 Å². The van der Waals surface area contributed by atoms with Gasteiger partial charge in [0.05, 0.1) is 6.10 Å². The summed E-state index contributed by atoms with van der Waals surface area (Å²) in [6.07, 6.45) is 7.08. The number of alkyl halides is 1. The molecule has 70 valence electrons. The number of hydrogen-bond acceptors (Lipinski definition) is 1. The van der Waals surface area contributed by atoms with Crippen LogP contribution in [0, 0.1) is 11.8 Å². The van der Waals surface area contributed by atoms with Crippen molar-refractivity contribution in [2.45, 2.75) is 50.7 Å². The van der Waals surface area contributed by atoms with Crippen LogP contribution in [-0.4, -0.2) is 11.7 Å². The molecule has 3 unspecified atom stereocenters. The Morgan fingerprint density at radius 2 is 2.00 bits per heavy atom. The van der Waals surface area contributed by atoms with Gasteiger partial charge in [0.1, 0.15) is 5.56 Å². The Morgan fingerprint density at radius 1 is 1.25 bits per heavy atom. The number of fused-ring (bicyclic) bond motifs is 1. The zero-order valence-electron chi connectivity index (χ0n) is 7.63. The molecule has 0 bridgehead atoms. The van der Waals surface area contributed by atoms with E-state index in [2.05, 4.69) is 6.92 Å². The average molecular weight is 189 g/mol. The second-order valence-corrected chi connectivity index (χ2v) is 4.71. The molecule has 0 N–H and O–H groups in total. The lowest BCUT2D eigenvalue weighted by atomic mass is 9.79. The highest BCUT2D eigenvalue weighted by molar-refractivity contribution is 6.19. The van der Waals surface area contributed by atoms with Crippen molar-refractivity contribution in [3.8, 4) is 0 Å². The molecule has 1 nitrogen and oxygen atoms in total. The molecule has 2 aliphatic rings. The average Bonchev–Trinajstić information content (AvgIpc) is 2.07. The van der Waals surface area contributed by atoms with E-state index in [0.717, 1.165) is 5.92 Å². The van der Waals surface area contributed by atoms with Gasteiger partial charge < -0.3 is 4.74 Å². The van der Waals surface area contributed by atoms with Crippen molar-refractivity contribution in [2.75, 3.05) is 0 Å². The summed E-state index contributed by atoms with van der Waals surface area (Å²) in [6.45, 7) is 2.20. The molecule has 4 atom stereocenters. The molecule has 12 heavy (non-hydrogen) atoms. The minimum Gasteiger partial charge on any atom is -0.359 e. The third kappa shape index (κ3) is 1.62. The van der Waals surface area contributed by atoms with Crippen LogP contribution in [0.2, 0.25) is 0 Å². The maximum atomic E-state index is 6.06. The van der Waals surface area contributed by atoms with E-state index in [9.17, 15) is 0 Å². The first kappa shape index (κ1) is 8.83. The van der Waals surface area contributed by atoms with E-state index in [1.807, 2.05) is 0 Å². The molecule has 0 aromatic carbocycles. The van der Waals surface area contributed by atoms with Gasteiger partial charge in [0.2, 0.25) is 0 Å². The Morgan fingerprint density at radius 3 is 2.83 bits per heavy atom. The van der Waals surface area contributed by atoms with E-state index in [4.69, 9.17) is 16.3 Å². The lowest BCUT2D eigenvalue weighted by molar-refractivity contribution is -0.0902.